The Morgan fingerprint density at radius 2 is 1.02 bits per heavy atom. The van der Waals surface area contributed by atoms with Crippen LogP contribution in [-0.4, -0.2) is 120 Å². The molecule has 0 bridgehead atoms. The zero-order valence-corrected chi connectivity index (χ0v) is 22.0. The van der Waals surface area contributed by atoms with Crippen LogP contribution in [0.1, 0.15) is 29.2 Å². The molecule has 2 aliphatic heterocycles. The van der Waals surface area contributed by atoms with Crippen molar-refractivity contribution < 1.29 is 55.4 Å². The molecular formula is C30H32O11. The molecule has 0 radical (unpaired) electrons. The van der Waals surface area contributed by atoms with E-state index in [1.807, 2.05) is 0 Å². The lowest BCUT2D eigenvalue weighted by Crippen LogP contribution is -2.58. The fourth-order valence-electron chi connectivity index (χ4n) is 5.41. The zero-order chi connectivity index (χ0) is 29.6. The van der Waals surface area contributed by atoms with Gasteiger partial charge < -0.3 is 55.4 Å². The van der Waals surface area contributed by atoms with Gasteiger partial charge in [-0.2, -0.15) is 0 Å². The molecule has 2 aromatic rings. The SMILES string of the molecule is CC1(O)c2cc(C#C[C@H]3O[C@H](CO)[C@@H](O)C(O)C3O)ccc2-c2ccc(C#C[C@H]3O[C@H](CO)[C@@H](O)[C@H](O)[C@@H]3O)cc21. The Bertz CT molecular complexity index is 1310. The van der Waals surface area contributed by atoms with Crippen molar-refractivity contribution in [3.8, 4) is 34.8 Å². The van der Waals surface area contributed by atoms with Crippen molar-refractivity contribution in [2.45, 2.75) is 73.6 Å². The van der Waals surface area contributed by atoms with Crippen LogP contribution in [0.15, 0.2) is 36.4 Å². The van der Waals surface area contributed by atoms with Crippen molar-refractivity contribution in [2.75, 3.05) is 13.2 Å². The molecule has 218 valence electrons. The number of fused-ring (bicyclic) bond motifs is 3. The van der Waals surface area contributed by atoms with E-state index in [4.69, 9.17) is 9.47 Å². The second-order valence-electron chi connectivity index (χ2n) is 10.6. The first-order valence-electron chi connectivity index (χ1n) is 13.1. The molecule has 0 amide bonds. The van der Waals surface area contributed by atoms with Crippen molar-refractivity contribution in [1.82, 2.24) is 0 Å². The summed E-state index contributed by atoms with van der Waals surface area (Å²) >= 11 is 0. The van der Waals surface area contributed by atoms with Crippen molar-refractivity contribution in [3.05, 3.63) is 58.7 Å². The van der Waals surface area contributed by atoms with Crippen LogP contribution in [0.4, 0.5) is 0 Å². The van der Waals surface area contributed by atoms with Crippen LogP contribution >= 0.6 is 0 Å². The minimum atomic E-state index is -1.53. The quantitative estimate of drug-likeness (QED) is 0.171. The van der Waals surface area contributed by atoms with Crippen LogP contribution in [0.2, 0.25) is 0 Å². The molecule has 0 spiro atoms. The van der Waals surface area contributed by atoms with Gasteiger partial charge in [0, 0.05) is 11.1 Å². The van der Waals surface area contributed by atoms with E-state index in [0.717, 1.165) is 11.1 Å². The summed E-state index contributed by atoms with van der Waals surface area (Å²) in [5.41, 5.74) is 2.27. The van der Waals surface area contributed by atoms with Gasteiger partial charge in [0.25, 0.3) is 0 Å². The van der Waals surface area contributed by atoms with Gasteiger partial charge in [-0.3, -0.25) is 0 Å². The number of ether oxygens (including phenoxy) is 2. The summed E-state index contributed by atoms with van der Waals surface area (Å²) in [5.74, 6) is 11.2. The van der Waals surface area contributed by atoms with E-state index >= 15 is 0 Å². The first kappa shape index (κ1) is 29.6. The van der Waals surface area contributed by atoms with E-state index in [-0.39, 0.29) is 0 Å². The molecule has 2 fully saturated rings. The average molecular weight is 569 g/mol. The highest BCUT2D eigenvalue weighted by Gasteiger charge is 2.44. The number of aliphatic hydroxyl groups excluding tert-OH is 8. The highest BCUT2D eigenvalue weighted by atomic mass is 16.5. The topological polar surface area (TPSA) is 201 Å². The van der Waals surface area contributed by atoms with Gasteiger partial charge >= 0.3 is 0 Å². The van der Waals surface area contributed by atoms with E-state index in [0.29, 0.717) is 22.3 Å². The van der Waals surface area contributed by atoms with E-state index in [1.54, 1.807) is 43.3 Å². The van der Waals surface area contributed by atoms with Crippen LogP contribution in [0.5, 0.6) is 0 Å². The van der Waals surface area contributed by atoms with E-state index in [2.05, 4.69) is 23.7 Å². The Morgan fingerprint density at radius 1 is 0.634 bits per heavy atom. The molecule has 0 aromatic heterocycles. The normalized spacial score (nSPS) is 37.7. The molecule has 0 saturated carbocycles. The van der Waals surface area contributed by atoms with Gasteiger partial charge in [-0.05, 0) is 53.4 Å². The Hall–Kier alpha value is -2.88. The van der Waals surface area contributed by atoms with Crippen LogP contribution in [0.3, 0.4) is 0 Å². The van der Waals surface area contributed by atoms with Gasteiger partial charge in [0.15, 0.2) is 0 Å². The molecule has 3 aliphatic rings. The van der Waals surface area contributed by atoms with Crippen molar-refractivity contribution in [3.63, 3.8) is 0 Å². The maximum absolute atomic E-state index is 11.5. The third-order valence-electron chi connectivity index (χ3n) is 7.88. The Balaban J connectivity index is 1.39. The smallest absolute Gasteiger partial charge is 0.147 e. The fraction of sp³-hybridized carbons (Fsp3) is 0.467. The molecule has 1 aliphatic carbocycles. The van der Waals surface area contributed by atoms with Gasteiger partial charge in [-0.1, -0.05) is 35.8 Å². The van der Waals surface area contributed by atoms with Gasteiger partial charge in [-0.25, -0.2) is 0 Å². The maximum Gasteiger partial charge on any atom is 0.147 e. The molecule has 41 heavy (non-hydrogen) atoms. The number of hydrogen-bond acceptors (Lipinski definition) is 11. The Morgan fingerprint density at radius 3 is 1.39 bits per heavy atom. The molecular weight excluding hydrogens is 536 g/mol. The van der Waals surface area contributed by atoms with Gasteiger partial charge in [0.2, 0.25) is 0 Å². The summed E-state index contributed by atoms with van der Waals surface area (Å²) in [6.45, 7) is 0.511. The summed E-state index contributed by atoms with van der Waals surface area (Å²) in [5, 5.41) is 90.7. The van der Waals surface area contributed by atoms with Crippen molar-refractivity contribution in [2.24, 2.45) is 0 Å². The summed E-state index contributed by atoms with van der Waals surface area (Å²) in [6, 6.07) is 10.5. The molecule has 2 aromatic carbocycles. The number of hydrogen-bond donors (Lipinski definition) is 9. The summed E-state index contributed by atoms with van der Waals surface area (Å²) in [6.07, 6.45) is -13.4. The maximum atomic E-state index is 11.5. The summed E-state index contributed by atoms with van der Waals surface area (Å²) in [7, 11) is 0. The molecule has 5 rings (SSSR count). The molecule has 11 heteroatoms. The molecule has 9 N–H and O–H groups in total. The number of benzene rings is 2. The molecule has 11 nitrogen and oxygen atoms in total. The Labute approximate surface area is 235 Å². The fourth-order valence-corrected chi connectivity index (χ4v) is 5.41. The second-order valence-corrected chi connectivity index (χ2v) is 10.6. The standard InChI is InChI=1S/C30H32O11/c1-30(39)18-10-14(4-8-20-24(33)28(37)26(35)22(12-31)40-20)2-6-16(18)17-7-3-15(11-19(17)30)5-9-21-25(34)29(38)27(36)23(13-32)41-21/h2-3,6-7,10-11,20-29,31-39H,12-13H2,1H3/t20-,21-,22-,23-,24-,25?,26-,27-,28-,29?,30?/m1/s1. The van der Waals surface area contributed by atoms with Crippen LogP contribution in [-0.2, 0) is 15.1 Å². The van der Waals surface area contributed by atoms with Gasteiger partial charge in [-0.15, -0.1) is 0 Å². The van der Waals surface area contributed by atoms with Crippen LogP contribution in [0, 0.1) is 23.7 Å². The second kappa shape index (κ2) is 11.4. The summed E-state index contributed by atoms with van der Waals surface area (Å²) in [4.78, 5) is 0. The third-order valence-corrected chi connectivity index (χ3v) is 7.88. The number of aliphatic hydroxyl groups is 9. The average Bonchev–Trinajstić information content (AvgIpc) is 3.19. The lowest BCUT2D eigenvalue weighted by atomic mass is 9.91. The predicted molar refractivity (Wildman–Crippen MR) is 142 cm³/mol. The minimum absolute atomic E-state index is 0.497. The third kappa shape index (κ3) is 5.28. The lowest BCUT2D eigenvalue weighted by Gasteiger charge is -2.37. The zero-order valence-electron chi connectivity index (χ0n) is 22.0. The molecule has 11 atom stereocenters. The summed E-state index contributed by atoms with van der Waals surface area (Å²) < 4.78 is 10.9. The van der Waals surface area contributed by atoms with Gasteiger partial charge in [0.1, 0.15) is 66.6 Å². The first-order valence-corrected chi connectivity index (χ1v) is 13.1. The van der Waals surface area contributed by atoms with Crippen molar-refractivity contribution in [1.29, 1.82) is 0 Å². The molecule has 2 saturated heterocycles. The van der Waals surface area contributed by atoms with Gasteiger partial charge in [0.05, 0.1) is 13.2 Å². The van der Waals surface area contributed by atoms with E-state index in [1.165, 1.54) is 0 Å². The number of rotatable bonds is 2. The highest BCUT2D eigenvalue weighted by Crippen LogP contribution is 2.47. The van der Waals surface area contributed by atoms with E-state index in [9.17, 15) is 46.0 Å². The largest absolute Gasteiger partial charge is 0.394 e. The van der Waals surface area contributed by atoms with Crippen LogP contribution in [0.25, 0.3) is 11.1 Å². The lowest BCUT2D eigenvalue weighted by molar-refractivity contribution is -0.214. The monoisotopic (exact) mass is 568 g/mol. The van der Waals surface area contributed by atoms with E-state index < -0.39 is 79.9 Å². The highest BCUT2D eigenvalue weighted by molar-refractivity contribution is 5.81. The molecule has 3 unspecified atom stereocenters. The predicted octanol–water partition coefficient (Wildman–Crippen LogP) is -2.69. The van der Waals surface area contributed by atoms with Crippen LogP contribution < -0.4 is 0 Å². The Kier molecular flexibility index (Phi) is 8.25. The first-order chi connectivity index (χ1) is 19.5. The van der Waals surface area contributed by atoms with Crippen molar-refractivity contribution >= 4 is 0 Å². The minimum Gasteiger partial charge on any atom is -0.394 e. The molecule has 2 heterocycles.